The fraction of sp³-hybridized carbons (Fsp3) is 0.409. The molecule has 7 heteroatoms. The highest BCUT2D eigenvalue weighted by Crippen LogP contribution is 2.29. The fourth-order valence-corrected chi connectivity index (χ4v) is 3.73. The molecule has 0 saturated carbocycles. The summed E-state index contributed by atoms with van der Waals surface area (Å²) in [6, 6.07) is 8.84. The Hall–Kier alpha value is -2.67. The number of hydrogen-bond acceptors (Lipinski definition) is 4. The summed E-state index contributed by atoms with van der Waals surface area (Å²) in [5, 5.41) is 11.4. The van der Waals surface area contributed by atoms with Crippen LogP contribution in [0.4, 0.5) is 8.78 Å². The van der Waals surface area contributed by atoms with Gasteiger partial charge in [-0.1, -0.05) is 18.2 Å². The fourth-order valence-electron chi connectivity index (χ4n) is 3.73. The number of carbonyl (C=O) groups is 1. The van der Waals surface area contributed by atoms with Crippen LogP contribution in [0.1, 0.15) is 35.8 Å². The van der Waals surface area contributed by atoms with Crippen LogP contribution >= 0.6 is 0 Å². The van der Waals surface area contributed by atoms with Crippen LogP contribution in [-0.4, -0.2) is 53.6 Å². The number of hydrogen-bond donors (Lipinski definition) is 2. The number of rotatable bonds is 6. The number of halogens is 2. The zero-order valence-electron chi connectivity index (χ0n) is 16.7. The highest BCUT2D eigenvalue weighted by atomic mass is 19.3. The molecule has 2 heterocycles. The third-order valence-electron chi connectivity index (χ3n) is 5.43. The minimum Gasteiger partial charge on any atom is -0.350 e. The number of nitrogens with one attached hydrogen (secondary N) is 2. The zero-order valence-corrected chi connectivity index (χ0v) is 16.7. The standard InChI is InChI=1S/C22H26F2N4O/c1-3-16(13-25)20(28-11-9-22(23,24)10-12-28)14-26-21(29)18-5-4-6-19-17(18)8-7-15(2)27-19/h3-8,13,20,25H,9-12,14H2,1-2H3,(H,26,29)/b16-3+,25-13?. The molecule has 0 bridgehead atoms. The second kappa shape index (κ2) is 8.78. The molecule has 1 aliphatic heterocycles. The molecule has 3 rings (SSSR count). The Balaban J connectivity index is 1.77. The Kier molecular flexibility index (Phi) is 6.37. The summed E-state index contributed by atoms with van der Waals surface area (Å²) in [6.07, 6.45) is 2.61. The Bertz CT molecular complexity index is 932. The van der Waals surface area contributed by atoms with Crippen LogP contribution in [0, 0.1) is 12.3 Å². The second-order valence-electron chi connectivity index (χ2n) is 7.38. The van der Waals surface area contributed by atoms with E-state index in [1.54, 1.807) is 18.2 Å². The summed E-state index contributed by atoms with van der Waals surface area (Å²) >= 11 is 0. The Labute approximate surface area is 169 Å². The van der Waals surface area contributed by atoms with Gasteiger partial charge in [0.25, 0.3) is 11.8 Å². The molecule has 1 unspecified atom stereocenters. The van der Waals surface area contributed by atoms with Gasteiger partial charge in [-0.15, -0.1) is 0 Å². The highest BCUT2D eigenvalue weighted by molar-refractivity contribution is 6.06. The number of pyridine rings is 1. The van der Waals surface area contributed by atoms with Crippen molar-refractivity contribution in [2.45, 2.75) is 38.7 Å². The number of amides is 1. The van der Waals surface area contributed by atoms with Gasteiger partial charge in [0.2, 0.25) is 0 Å². The quantitative estimate of drug-likeness (QED) is 0.721. The highest BCUT2D eigenvalue weighted by Gasteiger charge is 2.36. The molecule has 0 aliphatic carbocycles. The Morgan fingerprint density at radius 2 is 2.03 bits per heavy atom. The van der Waals surface area contributed by atoms with Gasteiger partial charge in [0.1, 0.15) is 0 Å². The molecule has 1 amide bonds. The van der Waals surface area contributed by atoms with E-state index < -0.39 is 5.92 Å². The van der Waals surface area contributed by atoms with E-state index >= 15 is 0 Å². The monoisotopic (exact) mass is 400 g/mol. The van der Waals surface area contributed by atoms with Gasteiger partial charge in [0.15, 0.2) is 0 Å². The van der Waals surface area contributed by atoms with Crippen molar-refractivity contribution in [2.75, 3.05) is 19.6 Å². The van der Waals surface area contributed by atoms with Gasteiger partial charge in [-0.2, -0.15) is 0 Å². The molecule has 0 spiro atoms. The summed E-state index contributed by atoms with van der Waals surface area (Å²) < 4.78 is 27.1. The third-order valence-corrected chi connectivity index (χ3v) is 5.43. The second-order valence-corrected chi connectivity index (χ2v) is 7.38. The van der Waals surface area contributed by atoms with Gasteiger partial charge in [-0.25, -0.2) is 8.78 Å². The Morgan fingerprint density at radius 1 is 1.31 bits per heavy atom. The van der Waals surface area contributed by atoms with Crippen LogP contribution < -0.4 is 5.32 Å². The zero-order chi connectivity index (χ0) is 21.0. The average Bonchev–Trinajstić information content (AvgIpc) is 2.70. The van der Waals surface area contributed by atoms with Gasteiger partial charge < -0.3 is 10.7 Å². The number of fused-ring (bicyclic) bond motifs is 1. The van der Waals surface area contributed by atoms with Crippen molar-refractivity contribution in [3.63, 3.8) is 0 Å². The number of aryl methyl sites for hydroxylation is 1. The van der Waals surface area contributed by atoms with Gasteiger partial charge in [-0.05, 0) is 37.6 Å². The number of likely N-dealkylation sites (tertiary alicyclic amines) is 1. The van der Waals surface area contributed by atoms with E-state index in [0.717, 1.165) is 16.6 Å². The molecule has 1 aromatic carbocycles. The molecule has 1 aromatic heterocycles. The van der Waals surface area contributed by atoms with Crippen molar-refractivity contribution in [2.24, 2.45) is 0 Å². The maximum Gasteiger partial charge on any atom is 0.252 e. The van der Waals surface area contributed by atoms with E-state index in [-0.39, 0.29) is 44.4 Å². The first-order chi connectivity index (χ1) is 13.8. The Morgan fingerprint density at radius 3 is 2.69 bits per heavy atom. The van der Waals surface area contributed by atoms with Crippen molar-refractivity contribution in [3.8, 4) is 0 Å². The SMILES string of the molecule is C/C=C(\C=N)C(CNC(=O)c1cccc2nc(C)ccc12)N1CCC(F)(F)CC1. The van der Waals surface area contributed by atoms with Crippen LogP contribution in [0.25, 0.3) is 10.9 Å². The van der Waals surface area contributed by atoms with E-state index in [1.165, 1.54) is 6.21 Å². The van der Waals surface area contributed by atoms with Crippen LogP contribution in [0.15, 0.2) is 42.0 Å². The lowest BCUT2D eigenvalue weighted by atomic mass is 10.00. The molecule has 1 saturated heterocycles. The van der Waals surface area contributed by atoms with E-state index in [0.29, 0.717) is 11.1 Å². The smallest absolute Gasteiger partial charge is 0.252 e. The van der Waals surface area contributed by atoms with Crippen LogP contribution in [0.3, 0.4) is 0 Å². The number of aromatic nitrogens is 1. The van der Waals surface area contributed by atoms with Gasteiger partial charge in [-0.3, -0.25) is 14.7 Å². The normalized spacial score (nSPS) is 18.4. The first-order valence-corrected chi connectivity index (χ1v) is 9.78. The third kappa shape index (κ3) is 4.85. The summed E-state index contributed by atoms with van der Waals surface area (Å²) in [5.74, 6) is -2.88. The number of piperidine rings is 1. The van der Waals surface area contributed by atoms with E-state index in [4.69, 9.17) is 5.41 Å². The number of allylic oxidation sites excluding steroid dienone is 1. The topological polar surface area (TPSA) is 69.1 Å². The molecule has 2 N–H and O–H groups in total. The van der Waals surface area contributed by atoms with Crippen molar-refractivity contribution in [1.29, 1.82) is 5.41 Å². The molecular formula is C22H26F2N4O. The van der Waals surface area contributed by atoms with Gasteiger partial charge in [0.05, 0.1) is 11.6 Å². The summed E-state index contributed by atoms with van der Waals surface area (Å²) in [4.78, 5) is 19.3. The van der Waals surface area contributed by atoms with Crippen molar-refractivity contribution >= 4 is 23.0 Å². The largest absolute Gasteiger partial charge is 0.350 e. The van der Waals surface area contributed by atoms with E-state index in [9.17, 15) is 13.6 Å². The van der Waals surface area contributed by atoms with Crippen LogP contribution in [-0.2, 0) is 0 Å². The van der Waals surface area contributed by atoms with E-state index in [1.807, 2.05) is 36.9 Å². The average molecular weight is 400 g/mol. The predicted octanol–water partition coefficient (Wildman–Crippen LogP) is 3.97. The number of benzene rings is 1. The first kappa shape index (κ1) is 21.0. The van der Waals surface area contributed by atoms with E-state index in [2.05, 4.69) is 10.3 Å². The van der Waals surface area contributed by atoms with Crippen LogP contribution in [0.5, 0.6) is 0 Å². The summed E-state index contributed by atoms with van der Waals surface area (Å²) in [6.45, 7) is 4.42. The lowest BCUT2D eigenvalue weighted by molar-refractivity contribution is -0.0598. The summed E-state index contributed by atoms with van der Waals surface area (Å²) in [7, 11) is 0. The molecule has 1 aliphatic rings. The minimum absolute atomic E-state index is 0.208. The van der Waals surface area contributed by atoms with Gasteiger partial charge >= 0.3 is 0 Å². The van der Waals surface area contributed by atoms with Crippen molar-refractivity contribution < 1.29 is 13.6 Å². The lowest BCUT2D eigenvalue weighted by Crippen LogP contribution is -2.50. The minimum atomic E-state index is -2.64. The molecule has 5 nitrogen and oxygen atoms in total. The number of carbonyl (C=O) groups excluding carboxylic acids is 1. The van der Waals surface area contributed by atoms with Crippen LogP contribution in [0.2, 0.25) is 0 Å². The van der Waals surface area contributed by atoms with Crippen molar-refractivity contribution in [1.82, 2.24) is 15.2 Å². The molecule has 2 aromatic rings. The molecule has 1 fully saturated rings. The molecule has 1 atom stereocenters. The molecule has 29 heavy (non-hydrogen) atoms. The van der Waals surface area contributed by atoms with Gasteiger partial charge in [0, 0.05) is 55.3 Å². The molecular weight excluding hydrogens is 374 g/mol. The van der Waals surface area contributed by atoms with Crippen molar-refractivity contribution in [3.05, 3.63) is 53.2 Å². The number of alkyl halides is 2. The molecule has 154 valence electrons. The maximum absolute atomic E-state index is 13.6. The lowest BCUT2D eigenvalue weighted by Gasteiger charge is -2.38. The first-order valence-electron chi connectivity index (χ1n) is 9.78. The molecule has 0 radical (unpaired) electrons. The maximum atomic E-state index is 13.6. The summed E-state index contributed by atoms with van der Waals surface area (Å²) in [5.41, 5.74) is 2.85. The number of nitrogens with zero attached hydrogens (tertiary/aromatic N) is 2. The predicted molar refractivity (Wildman–Crippen MR) is 111 cm³/mol.